The Morgan fingerprint density at radius 3 is 2.53 bits per heavy atom. The van der Waals surface area contributed by atoms with E-state index >= 15 is 0 Å². The number of aromatic nitrogens is 4. The number of nitrogens with one attached hydrogen (secondary N) is 2. The number of carbonyl (C=O) groups is 3. The monoisotopic (exact) mass is 439 g/mol. The van der Waals surface area contributed by atoms with Crippen molar-refractivity contribution in [2.24, 2.45) is 0 Å². The van der Waals surface area contributed by atoms with E-state index in [0.717, 1.165) is 18.5 Å². The first-order valence-electron chi connectivity index (χ1n) is 11.0. The number of hydrogen-bond donors (Lipinski definition) is 2. The smallest absolute Gasteiger partial charge is 0.323 e. The molecule has 1 saturated heterocycles. The summed E-state index contributed by atoms with van der Waals surface area (Å²) in [4.78, 5) is 47.3. The first-order valence-corrected chi connectivity index (χ1v) is 11.0. The first-order chi connectivity index (χ1) is 15.2. The molecule has 0 aromatic carbocycles. The highest BCUT2D eigenvalue weighted by Crippen LogP contribution is 2.35. The molecule has 1 aliphatic heterocycles. The minimum absolute atomic E-state index is 0.158. The molecule has 0 atom stereocenters. The molecular formula is C22H29N7O3. The molecule has 170 valence electrons. The molecule has 1 spiro atoms. The van der Waals surface area contributed by atoms with Crippen LogP contribution in [0.15, 0.2) is 24.5 Å². The second kappa shape index (κ2) is 8.33. The first kappa shape index (κ1) is 21.9. The number of nitrogens with zero attached hydrogens (tertiary/aromatic N) is 5. The van der Waals surface area contributed by atoms with Crippen molar-refractivity contribution in [3.05, 3.63) is 30.2 Å². The summed E-state index contributed by atoms with van der Waals surface area (Å²) < 4.78 is 1.51. The zero-order valence-electron chi connectivity index (χ0n) is 18.7. The summed E-state index contributed by atoms with van der Waals surface area (Å²) in [5, 5.41) is 10.3. The second-order valence-electron chi connectivity index (χ2n) is 9.45. The standard InChI is InChI=1S/C22H29N7O3/c1-21(2,3)15-14-16(29(27-15)19-23-11-7-12-24-19)25-17(30)8-6-13-28-18(31)22(26-20(28)32)9-4-5-10-22/h7,11-12,14H,4-6,8-10,13H2,1-3H3,(H,25,30)(H,26,32). The van der Waals surface area contributed by atoms with Crippen molar-refractivity contribution >= 4 is 23.7 Å². The molecule has 2 aromatic heterocycles. The Balaban J connectivity index is 1.40. The summed E-state index contributed by atoms with van der Waals surface area (Å²) in [6, 6.07) is 3.17. The van der Waals surface area contributed by atoms with Crippen LogP contribution in [0.1, 0.15) is 65.0 Å². The molecule has 32 heavy (non-hydrogen) atoms. The van der Waals surface area contributed by atoms with Crippen LogP contribution in [0.4, 0.5) is 10.6 Å². The van der Waals surface area contributed by atoms with Gasteiger partial charge in [-0.15, -0.1) is 0 Å². The highest BCUT2D eigenvalue weighted by atomic mass is 16.2. The third kappa shape index (κ3) is 4.21. The van der Waals surface area contributed by atoms with Gasteiger partial charge in [0.1, 0.15) is 11.4 Å². The van der Waals surface area contributed by atoms with E-state index in [4.69, 9.17) is 0 Å². The van der Waals surface area contributed by atoms with Crippen molar-refractivity contribution in [1.29, 1.82) is 0 Å². The fourth-order valence-electron chi connectivity index (χ4n) is 4.19. The molecule has 2 aliphatic rings. The molecule has 10 heteroatoms. The predicted molar refractivity (Wildman–Crippen MR) is 117 cm³/mol. The van der Waals surface area contributed by atoms with Gasteiger partial charge >= 0.3 is 6.03 Å². The van der Waals surface area contributed by atoms with E-state index in [1.807, 2.05) is 26.8 Å². The van der Waals surface area contributed by atoms with E-state index in [-0.39, 0.29) is 36.2 Å². The van der Waals surface area contributed by atoms with Gasteiger partial charge in [0.05, 0.1) is 5.69 Å². The van der Waals surface area contributed by atoms with Crippen molar-refractivity contribution in [2.75, 3.05) is 11.9 Å². The van der Waals surface area contributed by atoms with Crippen molar-refractivity contribution < 1.29 is 14.4 Å². The lowest BCUT2D eigenvalue weighted by Gasteiger charge is -2.19. The third-order valence-corrected chi connectivity index (χ3v) is 5.98. The van der Waals surface area contributed by atoms with Crippen LogP contribution in [0.2, 0.25) is 0 Å². The topological polar surface area (TPSA) is 122 Å². The van der Waals surface area contributed by atoms with Gasteiger partial charge in [0, 0.05) is 36.8 Å². The van der Waals surface area contributed by atoms with Crippen LogP contribution in [0.5, 0.6) is 0 Å². The molecule has 2 N–H and O–H groups in total. The Bertz CT molecular complexity index is 1020. The fourth-order valence-corrected chi connectivity index (χ4v) is 4.19. The molecule has 0 radical (unpaired) electrons. The lowest BCUT2D eigenvalue weighted by Crippen LogP contribution is -2.44. The van der Waals surface area contributed by atoms with E-state index in [2.05, 4.69) is 25.7 Å². The minimum atomic E-state index is -0.717. The quantitative estimate of drug-likeness (QED) is 0.667. The minimum Gasteiger partial charge on any atom is -0.323 e. The average Bonchev–Trinajstić information content (AvgIpc) is 3.44. The van der Waals surface area contributed by atoms with Crippen LogP contribution in [0.25, 0.3) is 5.95 Å². The van der Waals surface area contributed by atoms with Crippen molar-refractivity contribution in [1.82, 2.24) is 30.0 Å². The Hall–Kier alpha value is -3.30. The van der Waals surface area contributed by atoms with Gasteiger partial charge in [-0.05, 0) is 25.3 Å². The van der Waals surface area contributed by atoms with Crippen molar-refractivity contribution in [2.45, 2.75) is 70.3 Å². The van der Waals surface area contributed by atoms with E-state index in [1.54, 1.807) is 18.5 Å². The normalized spacial score (nSPS) is 17.8. The second-order valence-corrected chi connectivity index (χ2v) is 9.45. The summed E-state index contributed by atoms with van der Waals surface area (Å²) in [6.07, 6.45) is 7.03. The number of carbonyl (C=O) groups excluding carboxylic acids is 3. The zero-order chi connectivity index (χ0) is 22.9. The van der Waals surface area contributed by atoms with E-state index in [1.165, 1.54) is 9.58 Å². The zero-order valence-corrected chi connectivity index (χ0v) is 18.7. The molecule has 0 unspecified atom stereocenters. The number of imide groups is 1. The van der Waals surface area contributed by atoms with E-state index in [9.17, 15) is 14.4 Å². The van der Waals surface area contributed by atoms with E-state index < -0.39 is 5.54 Å². The Morgan fingerprint density at radius 2 is 1.88 bits per heavy atom. The van der Waals surface area contributed by atoms with Gasteiger partial charge in [0.25, 0.3) is 11.9 Å². The summed E-state index contributed by atoms with van der Waals surface area (Å²) in [5.41, 5.74) is -0.147. The van der Waals surface area contributed by atoms with Gasteiger partial charge in [-0.1, -0.05) is 33.6 Å². The van der Waals surface area contributed by atoms with Gasteiger partial charge < -0.3 is 10.6 Å². The number of anilines is 1. The van der Waals surface area contributed by atoms with Gasteiger partial charge in [0.15, 0.2) is 0 Å². The summed E-state index contributed by atoms with van der Waals surface area (Å²) in [7, 11) is 0. The molecule has 10 nitrogen and oxygen atoms in total. The molecule has 1 aliphatic carbocycles. The number of urea groups is 1. The maximum atomic E-state index is 12.7. The maximum absolute atomic E-state index is 12.7. The third-order valence-electron chi connectivity index (χ3n) is 5.98. The van der Waals surface area contributed by atoms with Crippen LogP contribution in [-0.2, 0) is 15.0 Å². The Kier molecular flexibility index (Phi) is 5.70. The number of amides is 4. The van der Waals surface area contributed by atoms with Crippen LogP contribution in [0, 0.1) is 0 Å². The molecule has 4 rings (SSSR count). The van der Waals surface area contributed by atoms with Crippen LogP contribution in [0.3, 0.4) is 0 Å². The highest BCUT2D eigenvalue weighted by molar-refractivity contribution is 6.07. The molecule has 3 heterocycles. The lowest BCUT2D eigenvalue weighted by atomic mass is 9.92. The molecule has 0 bridgehead atoms. The highest BCUT2D eigenvalue weighted by Gasteiger charge is 2.52. The molecule has 4 amide bonds. The van der Waals surface area contributed by atoms with Crippen LogP contribution in [-0.4, -0.2) is 54.6 Å². The SMILES string of the molecule is CC(C)(C)c1cc(NC(=O)CCCN2C(=O)NC3(CCCC3)C2=O)n(-c2ncccn2)n1. The lowest BCUT2D eigenvalue weighted by molar-refractivity contribution is -0.131. The Morgan fingerprint density at radius 1 is 1.19 bits per heavy atom. The van der Waals surface area contributed by atoms with Gasteiger partial charge in [-0.3, -0.25) is 14.5 Å². The molecule has 1 saturated carbocycles. The molecule has 2 fully saturated rings. The van der Waals surface area contributed by atoms with Crippen LogP contribution < -0.4 is 10.6 Å². The van der Waals surface area contributed by atoms with E-state index in [0.29, 0.717) is 31.0 Å². The summed E-state index contributed by atoms with van der Waals surface area (Å²) >= 11 is 0. The van der Waals surface area contributed by atoms with Crippen LogP contribution >= 0.6 is 0 Å². The van der Waals surface area contributed by atoms with Gasteiger partial charge in [-0.2, -0.15) is 9.78 Å². The van der Waals surface area contributed by atoms with Gasteiger partial charge in [-0.25, -0.2) is 14.8 Å². The largest absolute Gasteiger partial charge is 0.325 e. The molecular weight excluding hydrogens is 410 g/mol. The van der Waals surface area contributed by atoms with Crippen molar-refractivity contribution in [3.63, 3.8) is 0 Å². The number of hydrogen-bond acceptors (Lipinski definition) is 6. The fraction of sp³-hybridized carbons (Fsp3) is 0.545. The summed E-state index contributed by atoms with van der Waals surface area (Å²) in [5.74, 6) is 0.449. The van der Waals surface area contributed by atoms with Crippen molar-refractivity contribution in [3.8, 4) is 5.95 Å². The molecule has 2 aromatic rings. The average molecular weight is 440 g/mol. The predicted octanol–water partition coefficient (Wildman–Crippen LogP) is 2.54. The number of rotatable bonds is 6. The van der Waals surface area contributed by atoms with Gasteiger partial charge in [0.2, 0.25) is 5.91 Å². The maximum Gasteiger partial charge on any atom is 0.325 e. The Labute approximate surface area is 186 Å². The summed E-state index contributed by atoms with van der Waals surface area (Å²) in [6.45, 7) is 6.32.